The number of hydrogen-bond donors (Lipinski definition) is 0. The van der Waals surface area contributed by atoms with Crippen LogP contribution in [0.5, 0.6) is 23.0 Å². The van der Waals surface area contributed by atoms with Crippen LogP contribution in [0.15, 0.2) is 24.3 Å². The standard InChI is InChI=1S/C28H34N2O4/c1-19-27-21(7-8-24(31-2)28(27)32-14-6-12-29-10-4-3-5-11-29)15-23-22-17-26-25(33-18-34-26)16-20(22)9-13-30(19)23/h7-8,15-17,19H,3-6,9-14,18H2,1-2H3. The molecule has 2 aromatic rings. The molecule has 0 saturated carbocycles. The highest BCUT2D eigenvalue weighted by atomic mass is 16.7. The summed E-state index contributed by atoms with van der Waals surface area (Å²) < 4.78 is 23.5. The van der Waals surface area contributed by atoms with E-state index in [2.05, 4.69) is 41.0 Å². The molecular weight excluding hydrogens is 428 g/mol. The van der Waals surface area contributed by atoms with E-state index < -0.39 is 0 Å². The molecule has 6 rings (SSSR count). The molecule has 4 aliphatic rings. The molecular formula is C28H34N2O4. The summed E-state index contributed by atoms with van der Waals surface area (Å²) in [6, 6.07) is 8.70. The van der Waals surface area contributed by atoms with Crippen molar-refractivity contribution in [1.29, 1.82) is 0 Å². The number of benzene rings is 2. The maximum Gasteiger partial charge on any atom is 0.231 e. The van der Waals surface area contributed by atoms with Gasteiger partial charge in [-0.25, -0.2) is 0 Å². The number of methoxy groups -OCH3 is 1. The van der Waals surface area contributed by atoms with Crippen molar-refractivity contribution in [1.82, 2.24) is 9.80 Å². The monoisotopic (exact) mass is 462 g/mol. The number of piperidine rings is 1. The quantitative estimate of drug-likeness (QED) is 0.556. The van der Waals surface area contributed by atoms with Gasteiger partial charge in [0.25, 0.3) is 0 Å². The van der Waals surface area contributed by atoms with E-state index in [4.69, 9.17) is 18.9 Å². The second kappa shape index (κ2) is 9.06. The molecule has 0 radical (unpaired) electrons. The first-order valence-corrected chi connectivity index (χ1v) is 12.7. The van der Waals surface area contributed by atoms with Crippen molar-refractivity contribution in [2.24, 2.45) is 0 Å². The van der Waals surface area contributed by atoms with Crippen molar-refractivity contribution in [3.05, 3.63) is 46.5 Å². The lowest BCUT2D eigenvalue weighted by atomic mass is 9.86. The molecule has 0 spiro atoms. The van der Waals surface area contributed by atoms with E-state index in [1.807, 2.05) is 6.07 Å². The van der Waals surface area contributed by atoms with Crippen LogP contribution in [0.4, 0.5) is 0 Å². The molecule has 34 heavy (non-hydrogen) atoms. The van der Waals surface area contributed by atoms with Crippen LogP contribution in [0.3, 0.4) is 0 Å². The average molecular weight is 463 g/mol. The van der Waals surface area contributed by atoms with Crippen molar-refractivity contribution in [2.45, 2.75) is 45.1 Å². The van der Waals surface area contributed by atoms with Gasteiger partial charge >= 0.3 is 0 Å². The molecule has 1 fully saturated rings. The number of rotatable bonds is 6. The minimum atomic E-state index is 0.195. The van der Waals surface area contributed by atoms with Gasteiger partial charge in [-0.2, -0.15) is 0 Å². The highest BCUT2D eigenvalue weighted by molar-refractivity contribution is 5.88. The topological polar surface area (TPSA) is 43.4 Å². The normalized spacial score (nSPS) is 20.8. The van der Waals surface area contributed by atoms with Crippen molar-refractivity contribution in [3.63, 3.8) is 0 Å². The van der Waals surface area contributed by atoms with Gasteiger partial charge in [-0.3, -0.25) is 0 Å². The highest BCUT2D eigenvalue weighted by Crippen LogP contribution is 2.49. The lowest BCUT2D eigenvalue weighted by molar-refractivity contribution is 0.174. The van der Waals surface area contributed by atoms with Gasteiger partial charge in [0.1, 0.15) is 0 Å². The number of hydrogen-bond acceptors (Lipinski definition) is 6. The molecule has 0 amide bonds. The van der Waals surface area contributed by atoms with Gasteiger partial charge in [0.15, 0.2) is 23.0 Å². The van der Waals surface area contributed by atoms with Gasteiger partial charge < -0.3 is 28.7 Å². The summed E-state index contributed by atoms with van der Waals surface area (Å²) in [4.78, 5) is 5.06. The Balaban J connectivity index is 1.29. The predicted molar refractivity (Wildman–Crippen MR) is 133 cm³/mol. The minimum absolute atomic E-state index is 0.195. The summed E-state index contributed by atoms with van der Waals surface area (Å²) in [5, 5.41) is 0. The van der Waals surface area contributed by atoms with Crippen LogP contribution in [-0.2, 0) is 6.42 Å². The van der Waals surface area contributed by atoms with Gasteiger partial charge in [0, 0.05) is 29.9 Å². The van der Waals surface area contributed by atoms with E-state index >= 15 is 0 Å². The fourth-order valence-electron chi connectivity index (χ4n) is 5.92. The van der Waals surface area contributed by atoms with Gasteiger partial charge in [0.2, 0.25) is 6.79 Å². The van der Waals surface area contributed by atoms with Crippen molar-refractivity contribution in [3.8, 4) is 23.0 Å². The summed E-state index contributed by atoms with van der Waals surface area (Å²) in [6.45, 7) is 7.82. The fraction of sp³-hybridized carbons (Fsp3) is 0.500. The van der Waals surface area contributed by atoms with Crippen molar-refractivity contribution >= 4 is 11.8 Å². The highest BCUT2D eigenvalue weighted by Gasteiger charge is 2.34. The Kier molecular flexibility index (Phi) is 5.77. The van der Waals surface area contributed by atoms with Gasteiger partial charge in [-0.15, -0.1) is 0 Å². The third kappa shape index (κ3) is 3.78. The second-order valence-electron chi connectivity index (χ2n) is 9.72. The summed E-state index contributed by atoms with van der Waals surface area (Å²) in [5.41, 5.74) is 6.25. The van der Waals surface area contributed by atoms with Crippen LogP contribution in [0.25, 0.3) is 11.8 Å². The van der Waals surface area contributed by atoms with Crippen LogP contribution >= 0.6 is 0 Å². The molecule has 0 bridgehead atoms. The third-order valence-electron chi connectivity index (χ3n) is 7.71. The zero-order valence-electron chi connectivity index (χ0n) is 20.3. The van der Waals surface area contributed by atoms with E-state index in [-0.39, 0.29) is 6.04 Å². The number of likely N-dealkylation sites (tertiary alicyclic amines) is 1. The Bertz CT molecular complexity index is 1110. The lowest BCUT2D eigenvalue weighted by Crippen LogP contribution is -2.34. The Labute approximate surface area is 202 Å². The van der Waals surface area contributed by atoms with Gasteiger partial charge in [-0.05, 0) is 81.1 Å². The van der Waals surface area contributed by atoms with Gasteiger partial charge in [-0.1, -0.05) is 12.5 Å². The Morgan fingerprint density at radius 1 is 1.03 bits per heavy atom. The van der Waals surface area contributed by atoms with E-state index in [9.17, 15) is 0 Å². The average Bonchev–Trinajstić information content (AvgIpc) is 3.33. The SMILES string of the molecule is COc1ccc2c(c1OCCCN1CCCCC1)C(C)N1CCc3cc4c(cc3C1=C2)OCO4. The van der Waals surface area contributed by atoms with E-state index in [1.165, 1.54) is 60.3 Å². The molecule has 180 valence electrons. The largest absolute Gasteiger partial charge is 0.493 e. The first kappa shape index (κ1) is 21.7. The number of ether oxygens (including phenoxy) is 4. The first-order chi connectivity index (χ1) is 16.7. The molecule has 1 unspecified atom stereocenters. The fourth-order valence-corrected chi connectivity index (χ4v) is 5.92. The number of nitrogens with zero attached hydrogens (tertiary/aromatic N) is 2. The second-order valence-corrected chi connectivity index (χ2v) is 9.72. The molecule has 2 aromatic carbocycles. The summed E-state index contributed by atoms with van der Waals surface area (Å²) in [7, 11) is 1.73. The molecule has 0 aromatic heterocycles. The lowest BCUT2D eigenvalue weighted by Gasteiger charge is -2.42. The maximum absolute atomic E-state index is 6.45. The van der Waals surface area contributed by atoms with Crippen molar-refractivity contribution in [2.75, 3.05) is 46.7 Å². The van der Waals surface area contributed by atoms with Crippen LogP contribution < -0.4 is 18.9 Å². The molecule has 4 aliphatic heterocycles. The maximum atomic E-state index is 6.45. The molecule has 4 heterocycles. The Hall–Kier alpha value is -2.86. The first-order valence-electron chi connectivity index (χ1n) is 12.7. The zero-order valence-corrected chi connectivity index (χ0v) is 20.3. The summed E-state index contributed by atoms with van der Waals surface area (Å²) in [5.74, 6) is 3.42. The molecule has 0 N–H and O–H groups in total. The molecule has 6 nitrogen and oxygen atoms in total. The van der Waals surface area contributed by atoms with Crippen LogP contribution in [-0.4, -0.2) is 56.5 Å². The summed E-state index contributed by atoms with van der Waals surface area (Å²) >= 11 is 0. The minimum Gasteiger partial charge on any atom is -0.493 e. The number of fused-ring (bicyclic) bond motifs is 5. The predicted octanol–water partition coefficient (Wildman–Crippen LogP) is 5.11. The van der Waals surface area contributed by atoms with Crippen LogP contribution in [0.1, 0.15) is 60.9 Å². The Morgan fingerprint density at radius 3 is 2.68 bits per heavy atom. The zero-order chi connectivity index (χ0) is 23.1. The van der Waals surface area contributed by atoms with Gasteiger partial charge in [0.05, 0.1) is 19.8 Å². The Morgan fingerprint density at radius 2 is 1.85 bits per heavy atom. The van der Waals surface area contributed by atoms with Crippen molar-refractivity contribution < 1.29 is 18.9 Å². The van der Waals surface area contributed by atoms with Crippen LogP contribution in [0.2, 0.25) is 0 Å². The molecule has 1 atom stereocenters. The molecule has 0 aliphatic carbocycles. The van der Waals surface area contributed by atoms with E-state index in [0.717, 1.165) is 48.9 Å². The smallest absolute Gasteiger partial charge is 0.231 e. The van der Waals surface area contributed by atoms with E-state index in [0.29, 0.717) is 13.4 Å². The molecule has 1 saturated heterocycles. The van der Waals surface area contributed by atoms with Crippen LogP contribution in [0, 0.1) is 0 Å². The molecule has 6 heteroatoms. The third-order valence-corrected chi connectivity index (χ3v) is 7.71. The summed E-state index contributed by atoms with van der Waals surface area (Å²) in [6.07, 6.45) is 8.35. The van der Waals surface area contributed by atoms with E-state index in [1.54, 1.807) is 7.11 Å².